The lowest BCUT2D eigenvalue weighted by molar-refractivity contribution is 0.622. The second kappa shape index (κ2) is 5.39. The van der Waals surface area contributed by atoms with Gasteiger partial charge < -0.3 is 5.32 Å². The number of rotatable bonds is 4. The molecule has 0 spiro atoms. The van der Waals surface area contributed by atoms with Crippen molar-refractivity contribution in [2.24, 2.45) is 0 Å². The first-order valence-electron chi connectivity index (χ1n) is 6.92. The molecule has 0 aromatic carbocycles. The Bertz CT molecular complexity index is 538. The summed E-state index contributed by atoms with van der Waals surface area (Å²) in [5.74, 6) is 0. The molecule has 0 bridgehead atoms. The normalized spacial score (nSPS) is 15.5. The molecule has 0 fully saturated rings. The highest BCUT2D eigenvalue weighted by molar-refractivity contribution is 7.11. The van der Waals surface area contributed by atoms with E-state index in [1.807, 2.05) is 24.5 Å². The van der Waals surface area contributed by atoms with Crippen LogP contribution < -0.4 is 5.32 Å². The van der Waals surface area contributed by atoms with Crippen LogP contribution in [0.5, 0.6) is 0 Å². The van der Waals surface area contributed by atoms with Crippen molar-refractivity contribution < 1.29 is 0 Å². The summed E-state index contributed by atoms with van der Waals surface area (Å²) in [7, 11) is 0. The van der Waals surface area contributed by atoms with Gasteiger partial charge in [-0.2, -0.15) is 0 Å². The largest absolute Gasteiger partial charge is 0.304 e. The van der Waals surface area contributed by atoms with Gasteiger partial charge in [-0.25, -0.2) is 4.98 Å². The maximum atomic E-state index is 4.84. The van der Waals surface area contributed by atoms with Crippen LogP contribution in [-0.2, 0) is 12.8 Å². The molecule has 19 heavy (non-hydrogen) atoms. The van der Waals surface area contributed by atoms with Crippen molar-refractivity contribution in [2.45, 2.75) is 39.2 Å². The van der Waals surface area contributed by atoms with Crippen LogP contribution in [-0.4, -0.2) is 16.5 Å². The number of nitrogens with zero attached hydrogens (tertiary/aromatic N) is 2. The van der Waals surface area contributed by atoms with Gasteiger partial charge in [0.15, 0.2) is 0 Å². The molecule has 3 nitrogen and oxygen atoms in total. The van der Waals surface area contributed by atoms with E-state index in [4.69, 9.17) is 4.98 Å². The molecule has 0 saturated carbocycles. The van der Waals surface area contributed by atoms with Gasteiger partial charge in [-0.05, 0) is 44.4 Å². The number of pyridine rings is 1. The molecule has 1 atom stereocenters. The third-order valence-electron chi connectivity index (χ3n) is 3.53. The Balaban J connectivity index is 1.93. The summed E-state index contributed by atoms with van der Waals surface area (Å²) < 4.78 is 0. The lowest BCUT2D eigenvalue weighted by Crippen LogP contribution is -2.22. The number of hydrogen-bond acceptors (Lipinski definition) is 4. The summed E-state index contributed by atoms with van der Waals surface area (Å²) in [4.78, 5) is 10.7. The lowest BCUT2D eigenvalue weighted by Gasteiger charge is -2.15. The molecule has 1 aliphatic rings. The van der Waals surface area contributed by atoms with Crippen molar-refractivity contribution in [2.75, 3.05) is 6.54 Å². The molecule has 0 radical (unpaired) electrons. The zero-order valence-corrected chi connectivity index (χ0v) is 12.3. The number of fused-ring (bicyclic) bond motifs is 1. The Labute approximate surface area is 118 Å². The van der Waals surface area contributed by atoms with E-state index in [-0.39, 0.29) is 6.04 Å². The second-order valence-electron chi connectivity index (χ2n) is 5.00. The molecule has 1 N–H and O–H groups in total. The summed E-state index contributed by atoms with van der Waals surface area (Å²) in [6, 6.07) is 4.41. The first kappa shape index (κ1) is 12.8. The van der Waals surface area contributed by atoms with Gasteiger partial charge in [-0.1, -0.05) is 13.0 Å². The van der Waals surface area contributed by atoms with Crippen LogP contribution in [0.2, 0.25) is 0 Å². The molecule has 3 rings (SSSR count). The van der Waals surface area contributed by atoms with Gasteiger partial charge in [-0.3, -0.25) is 4.98 Å². The Morgan fingerprint density at radius 1 is 1.37 bits per heavy atom. The van der Waals surface area contributed by atoms with Gasteiger partial charge >= 0.3 is 0 Å². The van der Waals surface area contributed by atoms with E-state index in [1.165, 1.54) is 34.0 Å². The minimum Gasteiger partial charge on any atom is -0.304 e. The molecular weight excluding hydrogens is 254 g/mol. The molecular formula is C15H19N3S. The highest BCUT2D eigenvalue weighted by atomic mass is 32.1. The van der Waals surface area contributed by atoms with Crippen LogP contribution in [0.25, 0.3) is 0 Å². The van der Waals surface area contributed by atoms with Crippen LogP contribution in [0.1, 0.15) is 46.2 Å². The fourth-order valence-electron chi connectivity index (χ4n) is 2.54. The Morgan fingerprint density at radius 3 is 2.95 bits per heavy atom. The van der Waals surface area contributed by atoms with Crippen molar-refractivity contribution in [3.8, 4) is 0 Å². The molecule has 1 unspecified atom stereocenters. The molecule has 2 aromatic heterocycles. The van der Waals surface area contributed by atoms with Crippen molar-refractivity contribution in [1.29, 1.82) is 0 Å². The molecule has 2 heterocycles. The van der Waals surface area contributed by atoms with Crippen molar-refractivity contribution in [1.82, 2.24) is 15.3 Å². The zero-order valence-electron chi connectivity index (χ0n) is 11.4. The standard InChI is InChI=1S/C15H19N3S/c1-3-16-14(11-8-7-10(2)17-9-11)15-18-12-5-4-6-13(12)19-15/h7-9,14,16H,3-6H2,1-2H3. The SMILES string of the molecule is CCNC(c1ccc(C)nc1)c1nc2c(s1)CCC2. The zero-order chi connectivity index (χ0) is 13.2. The fourth-order valence-corrected chi connectivity index (χ4v) is 3.79. The minimum atomic E-state index is 0.189. The monoisotopic (exact) mass is 273 g/mol. The van der Waals surface area contributed by atoms with Gasteiger partial charge in [0, 0.05) is 16.8 Å². The van der Waals surface area contributed by atoms with Crippen LogP contribution in [0, 0.1) is 6.92 Å². The highest BCUT2D eigenvalue weighted by Gasteiger charge is 2.22. The summed E-state index contributed by atoms with van der Waals surface area (Å²) in [5.41, 5.74) is 3.59. The van der Waals surface area contributed by atoms with Crippen LogP contribution in [0.3, 0.4) is 0 Å². The summed E-state index contributed by atoms with van der Waals surface area (Å²) >= 11 is 1.87. The van der Waals surface area contributed by atoms with Crippen molar-refractivity contribution in [3.05, 3.63) is 45.2 Å². The minimum absolute atomic E-state index is 0.189. The number of aryl methyl sites for hydroxylation is 3. The predicted molar refractivity (Wildman–Crippen MR) is 78.6 cm³/mol. The summed E-state index contributed by atoms with van der Waals surface area (Å²) in [6.45, 7) is 5.09. The number of aromatic nitrogens is 2. The Hall–Kier alpha value is -1.26. The third kappa shape index (κ3) is 2.55. The number of hydrogen-bond donors (Lipinski definition) is 1. The lowest BCUT2D eigenvalue weighted by atomic mass is 10.1. The van der Waals surface area contributed by atoms with E-state index in [2.05, 4.69) is 29.4 Å². The van der Waals surface area contributed by atoms with E-state index in [9.17, 15) is 0 Å². The second-order valence-corrected chi connectivity index (χ2v) is 6.11. The molecule has 0 aliphatic heterocycles. The first-order chi connectivity index (χ1) is 9.28. The number of nitrogens with one attached hydrogen (secondary N) is 1. The smallest absolute Gasteiger partial charge is 0.115 e. The van der Waals surface area contributed by atoms with Gasteiger partial charge in [0.25, 0.3) is 0 Å². The Morgan fingerprint density at radius 2 is 2.26 bits per heavy atom. The van der Waals surface area contributed by atoms with E-state index >= 15 is 0 Å². The highest BCUT2D eigenvalue weighted by Crippen LogP contribution is 2.33. The van der Waals surface area contributed by atoms with E-state index in [1.54, 1.807) is 0 Å². The molecule has 2 aromatic rings. The van der Waals surface area contributed by atoms with Crippen LogP contribution >= 0.6 is 11.3 Å². The average molecular weight is 273 g/mol. The molecule has 4 heteroatoms. The van der Waals surface area contributed by atoms with E-state index < -0.39 is 0 Å². The Kier molecular flexibility index (Phi) is 3.62. The van der Waals surface area contributed by atoms with Gasteiger partial charge in [-0.15, -0.1) is 11.3 Å². The number of thiazole rings is 1. The maximum Gasteiger partial charge on any atom is 0.115 e. The van der Waals surface area contributed by atoms with Gasteiger partial charge in [0.05, 0.1) is 11.7 Å². The van der Waals surface area contributed by atoms with Gasteiger partial charge in [0.2, 0.25) is 0 Å². The maximum absolute atomic E-state index is 4.84. The topological polar surface area (TPSA) is 37.8 Å². The van der Waals surface area contributed by atoms with Gasteiger partial charge in [0.1, 0.15) is 5.01 Å². The van der Waals surface area contributed by atoms with Crippen LogP contribution in [0.4, 0.5) is 0 Å². The molecule has 0 saturated heterocycles. The van der Waals surface area contributed by atoms with Crippen molar-refractivity contribution in [3.63, 3.8) is 0 Å². The van der Waals surface area contributed by atoms with Crippen molar-refractivity contribution >= 4 is 11.3 Å². The fraction of sp³-hybridized carbons (Fsp3) is 0.467. The van der Waals surface area contributed by atoms with Crippen LogP contribution in [0.15, 0.2) is 18.3 Å². The molecule has 0 amide bonds. The quantitative estimate of drug-likeness (QED) is 0.930. The third-order valence-corrected chi connectivity index (χ3v) is 4.76. The predicted octanol–water partition coefficient (Wildman–Crippen LogP) is 3.03. The van der Waals surface area contributed by atoms with E-state index in [0.717, 1.165) is 18.7 Å². The average Bonchev–Trinajstić information content (AvgIpc) is 2.98. The molecule has 100 valence electrons. The molecule has 1 aliphatic carbocycles. The summed E-state index contributed by atoms with van der Waals surface area (Å²) in [5, 5.41) is 4.72. The first-order valence-corrected chi connectivity index (χ1v) is 7.74. The van der Waals surface area contributed by atoms with E-state index in [0.29, 0.717) is 0 Å². The summed E-state index contributed by atoms with van der Waals surface area (Å²) in [6.07, 6.45) is 5.59.